The predicted octanol–water partition coefficient (Wildman–Crippen LogP) is 2.82. The number of hydrogen-bond acceptors (Lipinski definition) is 4. The van der Waals surface area contributed by atoms with Crippen LogP contribution in [0.2, 0.25) is 0 Å². The van der Waals surface area contributed by atoms with Crippen molar-refractivity contribution in [1.82, 2.24) is 4.72 Å². The lowest BCUT2D eigenvalue weighted by molar-refractivity contribution is -0.137. The van der Waals surface area contributed by atoms with Crippen molar-refractivity contribution >= 4 is 10.0 Å². The van der Waals surface area contributed by atoms with Crippen molar-refractivity contribution in [2.24, 2.45) is 0 Å². The summed E-state index contributed by atoms with van der Waals surface area (Å²) in [5.41, 5.74) is -0.910. The highest BCUT2D eigenvalue weighted by Gasteiger charge is 2.31. The van der Waals surface area contributed by atoms with Crippen molar-refractivity contribution in [3.8, 4) is 11.5 Å². The van der Waals surface area contributed by atoms with E-state index in [-0.39, 0.29) is 18.0 Å². The quantitative estimate of drug-likeness (QED) is 0.895. The van der Waals surface area contributed by atoms with E-state index < -0.39 is 27.9 Å². The van der Waals surface area contributed by atoms with Gasteiger partial charge in [0.2, 0.25) is 10.0 Å². The van der Waals surface area contributed by atoms with Gasteiger partial charge in [-0.15, -0.1) is 0 Å². The summed E-state index contributed by atoms with van der Waals surface area (Å²) in [7, 11) is -3.95. The Morgan fingerprint density at radius 2 is 1.68 bits per heavy atom. The van der Waals surface area contributed by atoms with E-state index in [4.69, 9.17) is 9.47 Å². The molecule has 0 spiro atoms. The first kappa shape index (κ1) is 17.6. The van der Waals surface area contributed by atoms with Gasteiger partial charge in [-0.25, -0.2) is 13.1 Å². The van der Waals surface area contributed by atoms with Gasteiger partial charge in [0.25, 0.3) is 0 Å². The summed E-state index contributed by atoms with van der Waals surface area (Å²) in [6.45, 7) is 0.0875. The standard InChI is InChI=1S/C16H14F3NO4S/c17-16(18,19)11-5-7-13(8-6-11)25(21,22)20-9-12-10-23-14-3-1-2-4-15(14)24-12/h1-8,12,20H,9-10H2. The van der Waals surface area contributed by atoms with Crippen molar-refractivity contribution < 1.29 is 31.1 Å². The normalized spacial score (nSPS) is 17.3. The maximum atomic E-state index is 12.5. The Bertz CT molecular complexity index is 850. The minimum absolute atomic E-state index is 0.0717. The van der Waals surface area contributed by atoms with Crippen LogP contribution in [-0.2, 0) is 16.2 Å². The predicted molar refractivity (Wildman–Crippen MR) is 83.0 cm³/mol. The maximum Gasteiger partial charge on any atom is 0.416 e. The number of halogens is 3. The molecule has 2 aromatic rings. The smallest absolute Gasteiger partial charge is 0.416 e. The van der Waals surface area contributed by atoms with E-state index in [9.17, 15) is 21.6 Å². The maximum absolute atomic E-state index is 12.5. The Morgan fingerprint density at radius 1 is 1.04 bits per heavy atom. The molecule has 0 radical (unpaired) electrons. The second-order valence-electron chi connectivity index (χ2n) is 5.37. The van der Waals surface area contributed by atoms with Gasteiger partial charge in [-0.1, -0.05) is 12.1 Å². The van der Waals surface area contributed by atoms with E-state index in [0.717, 1.165) is 24.3 Å². The molecule has 134 valence electrons. The van der Waals surface area contributed by atoms with E-state index in [1.807, 2.05) is 0 Å². The molecule has 0 fully saturated rings. The Morgan fingerprint density at radius 3 is 2.32 bits per heavy atom. The van der Waals surface area contributed by atoms with Crippen LogP contribution in [0.5, 0.6) is 11.5 Å². The number of hydrogen-bond donors (Lipinski definition) is 1. The number of alkyl halides is 3. The molecule has 0 saturated carbocycles. The zero-order chi connectivity index (χ0) is 18.1. The number of ether oxygens (including phenoxy) is 2. The first-order chi connectivity index (χ1) is 11.8. The molecule has 25 heavy (non-hydrogen) atoms. The van der Waals surface area contributed by atoms with Crippen LogP contribution in [0.3, 0.4) is 0 Å². The number of benzene rings is 2. The van der Waals surface area contributed by atoms with E-state index in [0.29, 0.717) is 11.5 Å². The summed E-state index contributed by atoms with van der Waals surface area (Å²) in [6, 6.07) is 10.3. The van der Waals surface area contributed by atoms with Crippen LogP contribution in [0.1, 0.15) is 5.56 Å². The average Bonchev–Trinajstić information content (AvgIpc) is 2.59. The highest BCUT2D eigenvalue weighted by atomic mass is 32.2. The molecule has 9 heteroatoms. The molecule has 1 aliphatic rings. The van der Waals surface area contributed by atoms with Gasteiger partial charge in [0.05, 0.1) is 17.0 Å². The van der Waals surface area contributed by atoms with Crippen LogP contribution in [0, 0.1) is 0 Å². The van der Waals surface area contributed by atoms with Crippen molar-refractivity contribution in [3.05, 3.63) is 54.1 Å². The zero-order valence-corrected chi connectivity index (χ0v) is 13.6. The summed E-state index contributed by atoms with van der Waals surface area (Å²) in [4.78, 5) is -0.252. The van der Waals surface area contributed by atoms with Crippen LogP contribution in [0.15, 0.2) is 53.4 Å². The molecule has 1 atom stereocenters. The fourth-order valence-corrected chi connectivity index (χ4v) is 3.34. The molecule has 5 nitrogen and oxygen atoms in total. The molecule has 1 aliphatic heterocycles. The van der Waals surface area contributed by atoms with Crippen molar-refractivity contribution in [3.63, 3.8) is 0 Å². The lowest BCUT2D eigenvalue weighted by Gasteiger charge is -2.26. The summed E-state index contributed by atoms with van der Waals surface area (Å²) in [5.74, 6) is 1.08. The number of sulfonamides is 1. The minimum Gasteiger partial charge on any atom is -0.486 e. The molecule has 2 aromatic carbocycles. The largest absolute Gasteiger partial charge is 0.486 e. The highest BCUT2D eigenvalue weighted by Crippen LogP contribution is 2.31. The van der Waals surface area contributed by atoms with E-state index in [2.05, 4.69) is 4.72 Å². The molecule has 1 unspecified atom stereocenters. The molecule has 0 amide bonds. The second-order valence-corrected chi connectivity index (χ2v) is 7.14. The molecular weight excluding hydrogens is 359 g/mol. The van der Waals surface area contributed by atoms with Gasteiger partial charge in [-0.05, 0) is 36.4 Å². The molecule has 1 heterocycles. The molecule has 0 bridgehead atoms. The van der Waals surface area contributed by atoms with Crippen molar-refractivity contribution in [1.29, 1.82) is 0 Å². The first-order valence-corrected chi connectivity index (χ1v) is 8.79. The molecule has 0 aromatic heterocycles. The van der Waals surface area contributed by atoms with Gasteiger partial charge in [-0.3, -0.25) is 0 Å². The molecule has 3 rings (SSSR count). The fraction of sp³-hybridized carbons (Fsp3) is 0.250. The van der Waals surface area contributed by atoms with Crippen molar-refractivity contribution in [2.75, 3.05) is 13.2 Å². The van der Waals surface area contributed by atoms with Crippen LogP contribution in [-0.4, -0.2) is 27.7 Å². The van der Waals surface area contributed by atoms with E-state index in [1.54, 1.807) is 24.3 Å². The van der Waals surface area contributed by atoms with Crippen LogP contribution in [0.4, 0.5) is 13.2 Å². The number of rotatable bonds is 4. The fourth-order valence-electron chi connectivity index (χ4n) is 2.27. The summed E-state index contributed by atoms with van der Waals surface area (Å²) < 4.78 is 75.4. The SMILES string of the molecule is O=S(=O)(NCC1COc2ccccc2O1)c1ccc(C(F)(F)F)cc1. The van der Waals surface area contributed by atoms with Gasteiger partial charge in [0.15, 0.2) is 11.5 Å². The van der Waals surface area contributed by atoms with Gasteiger partial charge < -0.3 is 9.47 Å². The summed E-state index contributed by atoms with van der Waals surface area (Å²) in [5, 5.41) is 0. The molecular formula is C16H14F3NO4S. The molecule has 1 N–H and O–H groups in total. The number of fused-ring (bicyclic) bond motifs is 1. The lowest BCUT2D eigenvalue weighted by atomic mass is 10.2. The van der Waals surface area contributed by atoms with E-state index >= 15 is 0 Å². The monoisotopic (exact) mass is 373 g/mol. The third-order valence-corrected chi connectivity index (χ3v) is 5.00. The third kappa shape index (κ3) is 4.05. The third-order valence-electron chi connectivity index (χ3n) is 3.56. The average molecular weight is 373 g/mol. The van der Waals surface area contributed by atoms with E-state index in [1.165, 1.54) is 0 Å². The van der Waals surface area contributed by atoms with Gasteiger partial charge in [0, 0.05) is 0 Å². The Kier molecular flexibility index (Phi) is 4.61. The number of para-hydroxylation sites is 2. The van der Waals surface area contributed by atoms with Crippen molar-refractivity contribution in [2.45, 2.75) is 17.2 Å². The lowest BCUT2D eigenvalue weighted by Crippen LogP contribution is -2.40. The van der Waals surface area contributed by atoms with Gasteiger partial charge >= 0.3 is 6.18 Å². The molecule has 0 saturated heterocycles. The van der Waals surface area contributed by atoms with Gasteiger partial charge in [0.1, 0.15) is 12.7 Å². The summed E-state index contributed by atoms with van der Waals surface area (Å²) in [6.07, 6.45) is -5.06. The minimum atomic E-state index is -4.52. The first-order valence-electron chi connectivity index (χ1n) is 7.31. The van der Waals surface area contributed by atoms with Crippen LogP contribution >= 0.6 is 0 Å². The second kappa shape index (κ2) is 6.57. The highest BCUT2D eigenvalue weighted by molar-refractivity contribution is 7.89. The summed E-state index contributed by atoms with van der Waals surface area (Å²) >= 11 is 0. The Labute approximate surface area is 142 Å². The molecule has 0 aliphatic carbocycles. The van der Waals surface area contributed by atoms with Gasteiger partial charge in [-0.2, -0.15) is 13.2 Å². The zero-order valence-electron chi connectivity index (χ0n) is 12.8. The number of nitrogens with one attached hydrogen (secondary N) is 1. The van der Waals surface area contributed by atoms with Crippen LogP contribution < -0.4 is 14.2 Å². The topological polar surface area (TPSA) is 64.6 Å². The Hall–Kier alpha value is -2.26. The Balaban J connectivity index is 1.65. The van der Waals surface area contributed by atoms with Crippen LogP contribution in [0.25, 0.3) is 0 Å².